The summed E-state index contributed by atoms with van der Waals surface area (Å²) >= 11 is 0. The van der Waals surface area contributed by atoms with Gasteiger partial charge in [-0.1, -0.05) is 20.8 Å². The third-order valence-electron chi connectivity index (χ3n) is 5.48. The van der Waals surface area contributed by atoms with Crippen LogP contribution in [0.15, 0.2) is 0 Å². The minimum atomic E-state index is -1.63. The van der Waals surface area contributed by atoms with Crippen molar-refractivity contribution in [2.75, 3.05) is 0 Å². The van der Waals surface area contributed by atoms with Gasteiger partial charge in [0.1, 0.15) is 0 Å². The second-order valence-electron chi connectivity index (χ2n) is 8.79. The average Bonchev–Trinajstić information content (AvgIpc) is 2.37. The quantitative estimate of drug-likeness (QED) is 0.668. The van der Waals surface area contributed by atoms with Crippen LogP contribution in [0.1, 0.15) is 72.1 Å². The number of hydrogen-bond acceptors (Lipinski definition) is 4. The molecular weight excluding hydrogens is 308 g/mol. The summed E-state index contributed by atoms with van der Waals surface area (Å²) in [5, 5.41) is 27.7. The number of hydrogen-bond donors (Lipinski definition) is 3. The van der Waals surface area contributed by atoms with E-state index in [-0.39, 0.29) is 23.4 Å². The van der Waals surface area contributed by atoms with E-state index in [0.717, 1.165) is 44.9 Å². The third kappa shape index (κ3) is 7.65. The van der Waals surface area contributed by atoms with Gasteiger partial charge in [0, 0.05) is 6.10 Å². The van der Waals surface area contributed by atoms with Crippen LogP contribution in [0.4, 0.5) is 0 Å². The Morgan fingerprint density at radius 2 is 1.22 bits per heavy atom. The maximum Gasteiger partial charge on any atom is 0.192 e. The minimum Gasteiger partial charge on any atom is -0.414 e. The molecule has 5 heteroatoms. The predicted octanol–water partition coefficient (Wildman–Crippen LogP) is 3.59. The molecule has 2 aliphatic carbocycles. The first-order chi connectivity index (χ1) is 10.5. The number of rotatable bonds is 2. The molecule has 4 unspecified atom stereocenters. The molecule has 0 heterocycles. The van der Waals surface area contributed by atoms with Gasteiger partial charge in [-0.25, -0.2) is 0 Å². The topological polar surface area (TPSA) is 69.9 Å². The summed E-state index contributed by atoms with van der Waals surface area (Å²) in [6, 6.07) is 0. The molecule has 2 fully saturated rings. The Morgan fingerprint density at radius 3 is 1.57 bits per heavy atom. The fourth-order valence-electron chi connectivity index (χ4n) is 2.96. The van der Waals surface area contributed by atoms with E-state index in [0.29, 0.717) is 12.5 Å². The molecular formula is C18H38O4Si. The van der Waals surface area contributed by atoms with E-state index in [1.807, 2.05) is 0 Å². The van der Waals surface area contributed by atoms with E-state index in [4.69, 9.17) is 14.6 Å². The summed E-state index contributed by atoms with van der Waals surface area (Å²) in [6.45, 7) is 11.4. The summed E-state index contributed by atoms with van der Waals surface area (Å²) in [5.74, 6) is 0. The summed E-state index contributed by atoms with van der Waals surface area (Å²) in [6.07, 6.45) is 7.03. The summed E-state index contributed by atoms with van der Waals surface area (Å²) in [4.78, 5) is 0. The average molecular weight is 347 g/mol. The Morgan fingerprint density at radius 1 is 0.783 bits per heavy atom. The molecule has 3 N–H and O–H groups in total. The second kappa shape index (κ2) is 8.95. The van der Waals surface area contributed by atoms with Gasteiger partial charge in [-0.3, -0.25) is 0 Å². The van der Waals surface area contributed by atoms with Crippen LogP contribution >= 0.6 is 0 Å². The van der Waals surface area contributed by atoms with Gasteiger partial charge >= 0.3 is 0 Å². The highest BCUT2D eigenvalue weighted by molar-refractivity contribution is 6.74. The summed E-state index contributed by atoms with van der Waals surface area (Å²) < 4.78 is 6.29. The van der Waals surface area contributed by atoms with Gasteiger partial charge < -0.3 is 19.7 Å². The van der Waals surface area contributed by atoms with Crippen molar-refractivity contribution in [3.05, 3.63) is 0 Å². The first-order valence-electron chi connectivity index (χ1n) is 9.23. The van der Waals surface area contributed by atoms with Crippen LogP contribution in [0.3, 0.4) is 0 Å². The van der Waals surface area contributed by atoms with Crippen LogP contribution in [-0.4, -0.2) is 48.1 Å². The maximum absolute atomic E-state index is 9.61. The van der Waals surface area contributed by atoms with Crippen molar-refractivity contribution < 1.29 is 19.7 Å². The first-order valence-corrected chi connectivity index (χ1v) is 12.1. The fourth-order valence-corrected chi connectivity index (χ4v) is 4.36. The standard InChI is InChI=1S/C12H26O2Si.C6H12O2/c1-12(2,3)15(4,5)14-11-8-6-7-10(13)9-11;7-5-2-1-3-6(8)4-5/h10-11,13H,6-9H2,1-5H3;5-8H,1-4H2. The predicted molar refractivity (Wildman–Crippen MR) is 97.0 cm³/mol. The van der Waals surface area contributed by atoms with Gasteiger partial charge in [0.25, 0.3) is 0 Å². The highest BCUT2D eigenvalue weighted by Crippen LogP contribution is 2.39. The smallest absolute Gasteiger partial charge is 0.192 e. The third-order valence-corrected chi connectivity index (χ3v) is 10.0. The zero-order chi connectivity index (χ0) is 17.7. The van der Waals surface area contributed by atoms with E-state index in [9.17, 15) is 5.11 Å². The lowest BCUT2D eigenvalue weighted by molar-refractivity contribution is 0.0406. The molecule has 0 radical (unpaired) electrons. The van der Waals surface area contributed by atoms with Gasteiger partial charge in [-0.05, 0) is 69.5 Å². The summed E-state index contributed by atoms with van der Waals surface area (Å²) in [7, 11) is -1.63. The van der Waals surface area contributed by atoms with Crippen LogP contribution in [-0.2, 0) is 4.43 Å². The molecule has 2 rings (SSSR count). The fraction of sp³-hybridized carbons (Fsp3) is 1.00. The molecule has 0 bridgehead atoms. The van der Waals surface area contributed by atoms with Crippen molar-refractivity contribution >= 4 is 8.32 Å². The molecule has 0 aliphatic heterocycles. The highest BCUT2D eigenvalue weighted by atomic mass is 28.4. The molecule has 0 saturated heterocycles. The molecule has 0 aromatic heterocycles. The summed E-state index contributed by atoms with van der Waals surface area (Å²) in [5.41, 5.74) is 0. The van der Waals surface area contributed by atoms with E-state index in [1.165, 1.54) is 0 Å². The van der Waals surface area contributed by atoms with Crippen LogP contribution in [0.25, 0.3) is 0 Å². The Balaban J connectivity index is 0.000000277. The highest BCUT2D eigenvalue weighted by Gasteiger charge is 2.39. The Hall–Kier alpha value is 0.0569. The molecule has 23 heavy (non-hydrogen) atoms. The van der Waals surface area contributed by atoms with Crippen LogP contribution in [0.2, 0.25) is 18.1 Å². The molecule has 4 atom stereocenters. The van der Waals surface area contributed by atoms with Crippen LogP contribution in [0, 0.1) is 0 Å². The molecule has 0 aromatic rings. The van der Waals surface area contributed by atoms with Gasteiger partial charge in [-0.15, -0.1) is 0 Å². The monoisotopic (exact) mass is 346 g/mol. The molecule has 0 spiro atoms. The van der Waals surface area contributed by atoms with Crippen molar-refractivity contribution in [2.45, 2.75) is 115 Å². The minimum absolute atomic E-state index is 0.131. The molecule has 138 valence electrons. The zero-order valence-corrected chi connectivity index (χ0v) is 16.7. The molecule has 4 nitrogen and oxygen atoms in total. The normalized spacial score (nSPS) is 32.9. The number of aliphatic hydroxyl groups is 3. The van der Waals surface area contributed by atoms with Gasteiger partial charge in [0.15, 0.2) is 8.32 Å². The SMILES string of the molecule is CC(C)(C)[Si](C)(C)OC1CCCC(O)C1.OC1CCCC(O)C1. The molecule has 2 aliphatic rings. The number of aliphatic hydroxyl groups excluding tert-OH is 3. The Bertz CT molecular complexity index is 332. The largest absolute Gasteiger partial charge is 0.414 e. The lowest BCUT2D eigenvalue weighted by Gasteiger charge is -2.41. The van der Waals surface area contributed by atoms with Gasteiger partial charge in [-0.2, -0.15) is 0 Å². The Labute approximate surface area is 143 Å². The lowest BCUT2D eigenvalue weighted by Crippen LogP contribution is -2.45. The Kier molecular flexibility index (Phi) is 8.21. The van der Waals surface area contributed by atoms with Crippen molar-refractivity contribution in [1.29, 1.82) is 0 Å². The molecule has 0 aromatic carbocycles. The van der Waals surface area contributed by atoms with Gasteiger partial charge in [0.05, 0.1) is 18.3 Å². The maximum atomic E-state index is 9.61. The van der Waals surface area contributed by atoms with E-state index >= 15 is 0 Å². The van der Waals surface area contributed by atoms with E-state index in [1.54, 1.807) is 0 Å². The van der Waals surface area contributed by atoms with Crippen molar-refractivity contribution in [2.24, 2.45) is 0 Å². The van der Waals surface area contributed by atoms with E-state index < -0.39 is 8.32 Å². The lowest BCUT2D eigenvalue weighted by atomic mass is 9.95. The van der Waals surface area contributed by atoms with Crippen molar-refractivity contribution in [3.8, 4) is 0 Å². The van der Waals surface area contributed by atoms with Crippen molar-refractivity contribution in [3.63, 3.8) is 0 Å². The first kappa shape index (κ1) is 21.1. The second-order valence-corrected chi connectivity index (χ2v) is 13.6. The zero-order valence-electron chi connectivity index (χ0n) is 15.7. The molecule has 0 amide bonds. The molecule has 2 saturated carbocycles. The van der Waals surface area contributed by atoms with Crippen molar-refractivity contribution in [1.82, 2.24) is 0 Å². The van der Waals surface area contributed by atoms with E-state index in [2.05, 4.69) is 33.9 Å². The van der Waals surface area contributed by atoms with Crippen LogP contribution < -0.4 is 0 Å². The van der Waals surface area contributed by atoms with Gasteiger partial charge in [0.2, 0.25) is 0 Å². The van der Waals surface area contributed by atoms with Crippen LogP contribution in [0.5, 0.6) is 0 Å².